The molecular formula is C14H19NO. The molecule has 1 N–H and O–H groups in total. The number of ketones is 1. The number of nitrogens with one attached hydrogen (secondary N) is 1. The van der Waals surface area contributed by atoms with Crippen LogP contribution in [0.4, 0.5) is 0 Å². The van der Waals surface area contributed by atoms with Crippen LogP contribution in [0.25, 0.3) is 0 Å². The maximum Gasteiger partial charge on any atom is 0.167 e. The molecule has 1 heterocycles. The SMILES string of the molecule is Cc1ccc(C)c(C(=O)C2CCNC2C)c1. The molecule has 0 aromatic heterocycles. The van der Waals surface area contributed by atoms with Gasteiger partial charge in [-0.25, -0.2) is 0 Å². The summed E-state index contributed by atoms with van der Waals surface area (Å²) < 4.78 is 0. The Balaban J connectivity index is 2.29. The Hall–Kier alpha value is -1.15. The highest BCUT2D eigenvalue weighted by atomic mass is 16.1. The molecule has 0 amide bonds. The molecule has 2 unspecified atom stereocenters. The van der Waals surface area contributed by atoms with E-state index < -0.39 is 0 Å². The van der Waals surface area contributed by atoms with Crippen molar-refractivity contribution in [3.63, 3.8) is 0 Å². The van der Waals surface area contributed by atoms with Crippen molar-refractivity contribution < 1.29 is 4.79 Å². The minimum Gasteiger partial charge on any atom is -0.313 e. The van der Waals surface area contributed by atoms with Crippen molar-refractivity contribution in [3.8, 4) is 0 Å². The fourth-order valence-corrected chi connectivity index (χ4v) is 2.42. The van der Waals surface area contributed by atoms with Crippen molar-refractivity contribution in [2.45, 2.75) is 33.2 Å². The summed E-state index contributed by atoms with van der Waals surface area (Å²) in [5.74, 6) is 0.458. The highest BCUT2D eigenvalue weighted by Gasteiger charge is 2.30. The van der Waals surface area contributed by atoms with Crippen LogP contribution in [-0.2, 0) is 0 Å². The van der Waals surface area contributed by atoms with Gasteiger partial charge in [-0.2, -0.15) is 0 Å². The van der Waals surface area contributed by atoms with Gasteiger partial charge in [0.05, 0.1) is 0 Å². The molecule has 2 heteroatoms. The Bertz CT molecular complexity index is 411. The van der Waals surface area contributed by atoms with Crippen molar-refractivity contribution in [1.29, 1.82) is 0 Å². The minimum atomic E-state index is 0.153. The molecule has 1 aromatic carbocycles. The zero-order chi connectivity index (χ0) is 11.7. The lowest BCUT2D eigenvalue weighted by atomic mass is 9.89. The van der Waals surface area contributed by atoms with Gasteiger partial charge in [0.2, 0.25) is 0 Å². The van der Waals surface area contributed by atoms with Gasteiger partial charge in [0.25, 0.3) is 0 Å². The second kappa shape index (κ2) is 4.38. The number of Topliss-reactive ketones (excluding diaryl/α,β-unsaturated/α-hetero) is 1. The summed E-state index contributed by atoms with van der Waals surface area (Å²) in [4.78, 5) is 12.4. The van der Waals surface area contributed by atoms with Gasteiger partial charge in [-0.05, 0) is 45.4 Å². The summed E-state index contributed by atoms with van der Waals surface area (Å²) in [5, 5.41) is 3.33. The molecule has 2 atom stereocenters. The molecule has 86 valence electrons. The Morgan fingerprint density at radius 3 is 2.75 bits per heavy atom. The summed E-state index contributed by atoms with van der Waals surface area (Å²) >= 11 is 0. The second-order valence-electron chi connectivity index (χ2n) is 4.82. The van der Waals surface area contributed by atoms with E-state index in [1.807, 2.05) is 26.0 Å². The van der Waals surface area contributed by atoms with Crippen LogP contribution in [0.5, 0.6) is 0 Å². The van der Waals surface area contributed by atoms with Crippen molar-refractivity contribution in [2.24, 2.45) is 5.92 Å². The summed E-state index contributed by atoms with van der Waals surface area (Å²) in [6, 6.07) is 6.42. The molecule has 0 radical (unpaired) electrons. The Labute approximate surface area is 97.1 Å². The van der Waals surface area contributed by atoms with Gasteiger partial charge in [-0.3, -0.25) is 4.79 Å². The van der Waals surface area contributed by atoms with Gasteiger partial charge >= 0.3 is 0 Å². The number of carbonyl (C=O) groups is 1. The molecule has 1 aliphatic rings. The van der Waals surface area contributed by atoms with Crippen LogP contribution in [0.3, 0.4) is 0 Å². The van der Waals surface area contributed by atoms with E-state index in [2.05, 4.69) is 18.3 Å². The predicted octanol–water partition coefficient (Wildman–Crippen LogP) is 2.48. The van der Waals surface area contributed by atoms with Crippen LogP contribution in [0.1, 0.15) is 34.8 Å². The standard InChI is InChI=1S/C14H19NO/c1-9-4-5-10(2)13(8-9)14(16)12-6-7-15-11(12)3/h4-5,8,11-12,15H,6-7H2,1-3H3. The molecule has 1 fully saturated rings. The second-order valence-corrected chi connectivity index (χ2v) is 4.82. The molecule has 2 rings (SSSR count). The zero-order valence-electron chi connectivity index (χ0n) is 10.2. The first kappa shape index (κ1) is 11.3. The number of carbonyl (C=O) groups excluding carboxylic acids is 1. The van der Waals surface area contributed by atoms with Gasteiger partial charge in [0, 0.05) is 17.5 Å². The lowest BCUT2D eigenvalue weighted by Gasteiger charge is -2.15. The number of hydrogen-bond donors (Lipinski definition) is 1. The van der Waals surface area contributed by atoms with E-state index in [9.17, 15) is 4.79 Å². The molecule has 0 bridgehead atoms. The molecule has 2 nitrogen and oxygen atoms in total. The molecule has 16 heavy (non-hydrogen) atoms. The molecular weight excluding hydrogens is 198 g/mol. The van der Waals surface area contributed by atoms with Crippen molar-refractivity contribution in [1.82, 2.24) is 5.32 Å². The number of rotatable bonds is 2. The third-order valence-electron chi connectivity index (χ3n) is 3.52. The van der Waals surface area contributed by atoms with Crippen LogP contribution in [0.2, 0.25) is 0 Å². The first-order chi connectivity index (χ1) is 7.59. The van der Waals surface area contributed by atoms with E-state index in [4.69, 9.17) is 0 Å². The highest BCUT2D eigenvalue weighted by Crippen LogP contribution is 2.23. The fraction of sp³-hybridized carbons (Fsp3) is 0.500. The van der Waals surface area contributed by atoms with Gasteiger partial charge in [-0.1, -0.05) is 17.7 Å². The molecule has 0 saturated carbocycles. The van der Waals surface area contributed by atoms with E-state index >= 15 is 0 Å². The number of benzene rings is 1. The van der Waals surface area contributed by atoms with E-state index in [-0.39, 0.29) is 5.92 Å². The third-order valence-corrected chi connectivity index (χ3v) is 3.52. The smallest absolute Gasteiger partial charge is 0.167 e. The summed E-state index contributed by atoms with van der Waals surface area (Å²) in [5.41, 5.74) is 3.16. The molecule has 1 saturated heterocycles. The molecule has 0 aliphatic carbocycles. The third kappa shape index (κ3) is 2.03. The quantitative estimate of drug-likeness (QED) is 0.771. The van der Waals surface area contributed by atoms with E-state index in [0.29, 0.717) is 11.8 Å². The van der Waals surface area contributed by atoms with E-state index in [0.717, 1.165) is 29.7 Å². The van der Waals surface area contributed by atoms with Crippen molar-refractivity contribution >= 4 is 5.78 Å². The lowest BCUT2D eigenvalue weighted by Crippen LogP contribution is -2.28. The maximum atomic E-state index is 12.4. The van der Waals surface area contributed by atoms with E-state index in [1.165, 1.54) is 0 Å². The van der Waals surface area contributed by atoms with Gasteiger partial charge in [-0.15, -0.1) is 0 Å². The first-order valence-corrected chi connectivity index (χ1v) is 5.94. The Kier molecular flexibility index (Phi) is 3.10. The highest BCUT2D eigenvalue weighted by molar-refractivity contribution is 5.99. The van der Waals surface area contributed by atoms with Gasteiger partial charge < -0.3 is 5.32 Å². The normalized spacial score (nSPS) is 24.7. The number of hydrogen-bond acceptors (Lipinski definition) is 2. The van der Waals surface area contributed by atoms with Crippen LogP contribution in [0.15, 0.2) is 18.2 Å². The first-order valence-electron chi connectivity index (χ1n) is 5.94. The van der Waals surface area contributed by atoms with Crippen molar-refractivity contribution in [2.75, 3.05) is 6.54 Å². The summed E-state index contributed by atoms with van der Waals surface area (Å²) in [7, 11) is 0. The Morgan fingerprint density at radius 1 is 1.38 bits per heavy atom. The Morgan fingerprint density at radius 2 is 2.12 bits per heavy atom. The summed E-state index contributed by atoms with van der Waals surface area (Å²) in [6.45, 7) is 7.11. The van der Waals surface area contributed by atoms with E-state index in [1.54, 1.807) is 0 Å². The average Bonchev–Trinajstić information content (AvgIpc) is 2.67. The molecule has 0 spiro atoms. The summed E-state index contributed by atoms with van der Waals surface area (Å²) in [6.07, 6.45) is 0.966. The minimum absolute atomic E-state index is 0.153. The molecule has 1 aromatic rings. The van der Waals surface area contributed by atoms with Gasteiger partial charge in [0.1, 0.15) is 0 Å². The fourth-order valence-electron chi connectivity index (χ4n) is 2.42. The number of aryl methyl sites for hydroxylation is 2. The van der Waals surface area contributed by atoms with Crippen LogP contribution in [-0.4, -0.2) is 18.4 Å². The largest absolute Gasteiger partial charge is 0.313 e. The molecule has 1 aliphatic heterocycles. The predicted molar refractivity (Wildman–Crippen MR) is 65.8 cm³/mol. The van der Waals surface area contributed by atoms with Gasteiger partial charge in [0.15, 0.2) is 5.78 Å². The van der Waals surface area contributed by atoms with Crippen LogP contribution in [0, 0.1) is 19.8 Å². The lowest BCUT2D eigenvalue weighted by molar-refractivity contribution is 0.0913. The van der Waals surface area contributed by atoms with Crippen LogP contribution >= 0.6 is 0 Å². The zero-order valence-corrected chi connectivity index (χ0v) is 10.2. The van der Waals surface area contributed by atoms with Crippen LogP contribution < -0.4 is 5.32 Å². The topological polar surface area (TPSA) is 29.1 Å². The average molecular weight is 217 g/mol. The monoisotopic (exact) mass is 217 g/mol. The van der Waals surface area contributed by atoms with Crippen molar-refractivity contribution in [3.05, 3.63) is 34.9 Å². The maximum absolute atomic E-state index is 12.4.